The minimum Gasteiger partial charge on any atom is -0.393 e. The number of aromatic nitrogens is 2. The van der Waals surface area contributed by atoms with Gasteiger partial charge in [-0.05, 0) is 19.9 Å². The quantitative estimate of drug-likeness (QED) is 0.715. The lowest BCUT2D eigenvalue weighted by molar-refractivity contribution is 0.612. The molecule has 3 nitrogen and oxygen atoms in total. The lowest BCUT2D eigenvalue weighted by atomic mass is 10.4. The lowest BCUT2D eigenvalue weighted by Crippen LogP contribution is -2.13. The van der Waals surface area contributed by atoms with Crippen LogP contribution in [0.4, 0.5) is 0 Å². The van der Waals surface area contributed by atoms with E-state index in [1.807, 2.05) is 24.6 Å². The van der Waals surface area contributed by atoms with Crippen molar-refractivity contribution in [1.29, 1.82) is 0 Å². The summed E-state index contributed by atoms with van der Waals surface area (Å²) in [5.74, 6) is 0. The van der Waals surface area contributed by atoms with Gasteiger partial charge in [0, 0.05) is 18.7 Å². The molecule has 0 amide bonds. The van der Waals surface area contributed by atoms with Gasteiger partial charge in [0.25, 0.3) is 0 Å². The third-order valence-electron chi connectivity index (χ3n) is 1.67. The average molecular weight is 183 g/mol. The van der Waals surface area contributed by atoms with Crippen molar-refractivity contribution in [3.63, 3.8) is 0 Å². The van der Waals surface area contributed by atoms with E-state index < -0.39 is 0 Å². The van der Waals surface area contributed by atoms with E-state index in [0.717, 1.165) is 24.4 Å². The van der Waals surface area contributed by atoms with E-state index in [4.69, 9.17) is 18.0 Å². The first-order valence-corrected chi connectivity index (χ1v) is 4.30. The predicted molar refractivity (Wildman–Crippen MR) is 53.1 cm³/mol. The SMILES string of the molecule is Cc1cc(C)n(CCC(N)=S)n1. The summed E-state index contributed by atoms with van der Waals surface area (Å²) in [5, 5.41) is 4.28. The maximum absolute atomic E-state index is 5.39. The second-order valence-electron chi connectivity index (χ2n) is 2.87. The van der Waals surface area contributed by atoms with Gasteiger partial charge >= 0.3 is 0 Å². The second kappa shape index (κ2) is 3.67. The fourth-order valence-corrected chi connectivity index (χ4v) is 1.21. The minimum absolute atomic E-state index is 0.544. The Morgan fingerprint density at radius 1 is 1.67 bits per heavy atom. The summed E-state index contributed by atoms with van der Waals surface area (Å²) in [4.78, 5) is 0.544. The summed E-state index contributed by atoms with van der Waals surface area (Å²) in [6.45, 7) is 4.79. The smallest absolute Gasteiger partial charge is 0.0745 e. The maximum Gasteiger partial charge on any atom is 0.0745 e. The van der Waals surface area contributed by atoms with Crippen molar-refractivity contribution in [2.75, 3.05) is 0 Å². The molecule has 1 rings (SSSR count). The van der Waals surface area contributed by atoms with E-state index in [1.54, 1.807) is 0 Å². The van der Waals surface area contributed by atoms with Crippen LogP contribution in [0.3, 0.4) is 0 Å². The molecule has 0 fully saturated rings. The first kappa shape index (κ1) is 9.19. The first-order chi connectivity index (χ1) is 5.59. The molecule has 0 aliphatic heterocycles. The Morgan fingerprint density at radius 2 is 2.33 bits per heavy atom. The fraction of sp³-hybridized carbons (Fsp3) is 0.500. The summed E-state index contributed by atoms with van der Waals surface area (Å²) < 4.78 is 1.93. The third kappa shape index (κ3) is 2.30. The maximum atomic E-state index is 5.39. The highest BCUT2D eigenvalue weighted by molar-refractivity contribution is 7.80. The number of nitrogens with two attached hydrogens (primary N) is 1. The Balaban J connectivity index is 2.62. The monoisotopic (exact) mass is 183 g/mol. The number of nitrogens with zero attached hydrogens (tertiary/aromatic N) is 2. The fourth-order valence-electron chi connectivity index (χ4n) is 1.12. The Bertz CT molecular complexity index is 290. The van der Waals surface area contributed by atoms with Gasteiger partial charge in [0.2, 0.25) is 0 Å². The number of hydrogen-bond acceptors (Lipinski definition) is 2. The molecule has 0 spiro atoms. The molecule has 0 saturated carbocycles. The zero-order valence-corrected chi connectivity index (χ0v) is 8.19. The average Bonchev–Trinajstić information content (AvgIpc) is 2.26. The molecule has 12 heavy (non-hydrogen) atoms. The molecule has 0 saturated heterocycles. The van der Waals surface area contributed by atoms with Crippen LogP contribution >= 0.6 is 12.2 Å². The molecule has 2 N–H and O–H groups in total. The summed E-state index contributed by atoms with van der Waals surface area (Å²) in [5.41, 5.74) is 7.58. The Labute approximate surface area is 77.6 Å². The van der Waals surface area contributed by atoms with Crippen molar-refractivity contribution in [2.45, 2.75) is 26.8 Å². The molecule has 0 aromatic carbocycles. The van der Waals surface area contributed by atoms with E-state index in [9.17, 15) is 0 Å². The number of hydrogen-bond donors (Lipinski definition) is 1. The van der Waals surface area contributed by atoms with Crippen LogP contribution in [0.5, 0.6) is 0 Å². The minimum atomic E-state index is 0.544. The van der Waals surface area contributed by atoms with Gasteiger partial charge in [0.1, 0.15) is 0 Å². The molecule has 0 bridgehead atoms. The Hall–Kier alpha value is -0.900. The van der Waals surface area contributed by atoms with Crippen LogP contribution < -0.4 is 5.73 Å². The molecule has 0 radical (unpaired) electrons. The zero-order chi connectivity index (χ0) is 9.14. The van der Waals surface area contributed by atoms with Gasteiger partial charge in [-0.2, -0.15) is 5.10 Å². The van der Waals surface area contributed by atoms with Crippen molar-refractivity contribution >= 4 is 17.2 Å². The number of rotatable bonds is 3. The van der Waals surface area contributed by atoms with Crippen LogP contribution in [-0.4, -0.2) is 14.8 Å². The summed E-state index contributed by atoms with van der Waals surface area (Å²) >= 11 is 4.78. The number of thiocarbonyl (C=S) groups is 1. The Kier molecular flexibility index (Phi) is 2.81. The molecule has 66 valence electrons. The van der Waals surface area contributed by atoms with Crippen molar-refractivity contribution in [3.05, 3.63) is 17.5 Å². The third-order valence-corrected chi connectivity index (χ3v) is 1.88. The van der Waals surface area contributed by atoms with Gasteiger partial charge in [0.15, 0.2) is 0 Å². The highest BCUT2D eigenvalue weighted by atomic mass is 32.1. The van der Waals surface area contributed by atoms with Crippen molar-refractivity contribution in [3.8, 4) is 0 Å². The van der Waals surface area contributed by atoms with Gasteiger partial charge in [-0.25, -0.2) is 0 Å². The van der Waals surface area contributed by atoms with Crippen LogP contribution in [-0.2, 0) is 6.54 Å². The van der Waals surface area contributed by atoms with Gasteiger partial charge in [-0.15, -0.1) is 0 Å². The van der Waals surface area contributed by atoms with Crippen LogP contribution in [0.1, 0.15) is 17.8 Å². The largest absolute Gasteiger partial charge is 0.393 e. The molecule has 0 aliphatic carbocycles. The van der Waals surface area contributed by atoms with Crippen LogP contribution in [0.2, 0.25) is 0 Å². The lowest BCUT2D eigenvalue weighted by Gasteiger charge is -2.01. The normalized spacial score (nSPS) is 10.2. The topological polar surface area (TPSA) is 43.8 Å². The molecular weight excluding hydrogens is 170 g/mol. The van der Waals surface area contributed by atoms with E-state index in [0.29, 0.717) is 4.99 Å². The van der Waals surface area contributed by atoms with Gasteiger partial charge < -0.3 is 5.73 Å². The second-order valence-corrected chi connectivity index (χ2v) is 3.39. The van der Waals surface area contributed by atoms with Gasteiger partial charge in [-0.3, -0.25) is 4.68 Å². The van der Waals surface area contributed by atoms with Crippen molar-refractivity contribution in [1.82, 2.24) is 9.78 Å². The molecule has 1 aromatic rings. The van der Waals surface area contributed by atoms with E-state index in [-0.39, 0.29) is 0 Å². The summed E-state index contributed by atoms with van der Waals surface area (Å²) in [6.07, 6.45) is 0.720. The summed E-state index contributed by atoms with van der Waals surface area (Å²) in [6, 6.07) is 2.04. The van der Waals surface area contributed by atoms with Crippen molar-refractivity contribution in [2.24, 2.45) is 5.73 Å². The van der Waals surface area contributed by atoms with Crippen molar-refractivity contribution < 1.29 is 0 Å². The van der Waals surface area contributed by atoms with Crippen LogP contribution in [0.15, 0.2) is 6.07 Å². The molecule has 4 heteroatoms. The molecule has 1 heterocycles. The van der Waals surface area contributed by atoms with Gasteiger partial charge in [0.05, 0.1) is 10.7 Å². The molecule has 0 aliphatic rings. The number of aryl methyl sites for hydroxylation is 3. The molecule has 0 atom stereocenters. The van der Waals surface area contributed by atoms with Crippen LogP contribution in [0.25, 0.3) is 0 Å². The highest BCUT2D eigenvalue weighted by Crippen LogP contribution is 2.02. The van der Waals surface area contributed by atoms with Gasteiger partial charge in [-0.1, -0.05) is 12.2 Å². The van der Waals surface area contributed by atoms with E-state index >= 15 is 0 Å². The zero-order valence-electron chi connectivity index (χ0n) is 7.37. The van der Waals surface area contributed by atoms with E-state index in [1.165, 1.54) is 0 Å². The molecule has 0 unspecified atom stereocenters. The molecule has 1 aromatic heterocycles. The van der Waals surface area contributed by atoms with E-state index in [2.05, 4.69) is 5.10 Å². The first-order valence-electron chi connectivity index (χ1n) is 3.89. The Morgan fingerprint density at radius 3 is 2.75 bits per heavy atom. The molecular formula is C8H13N3S. The summed E-state index contributed by atoms with van der Waals surface area (Å²) in [7, 11) is 0. The van der Waals surface area contributed by atoms with Crippen LogP contribution in [0, 0.1) is 13.8 Å². The highest BCUT2D eigenvalue weighted by Gasteiger charge is 2.00. The standard InChI is InChI=1S/C8H13N3S/c1-6-5-7(2)11(10-6)4-3-8(9)12/h5H,3-4H2,1-2H3,(H2,9,12). The predicted octanol–water partition coefficient (Wildman–Crippen LogP) is 1.18.